The van der Waals surface area contributed by atoms with Crippen LogP contribution in [0.3, 0.4) is 0 Å². The summed E-state index contributed by atoms with van der Waals surface area (Å²) < 4.78 is 21.1. The summed E-state index contributed by atoms with van der Waals surface area (Å²) in [5.74, 6) is -0.518. The van der Waals surface area contributed by atoms with Crippen LogP contribution in [0.25, 0.3) is 16.6 Å². The van der Waals surface area contributed by atoms with Crippen LogP contribution < -0.4 is 20.7 Å². The van der Waals surface area contributed by atoms with E-state index in [1.54, 1.807) is 63.2 Å². The number of fused-ring (bicyclic) bond motifs is 1. The number of benzene rings is 3. The Balaban J connectivity index is 1.29. The monoisotopic (exact) mass is 566 g/mol. The summed E-state index contributed by atoms with van der Waals surface area (Å²) in [6.07, 6.45) is 1.40. The quantitative estimate of drug-likeness (QED) is 0.182. The van der Waals surface area contributed by atoms with Crippen LogP contribution in [0.4, 0.5) is 20.7 Å². The Morgan fingerprint density at radius 3 is 2.43 bits per heavy atom. The normalized spacial score (nSPS) is 14.5. The summed E-state index contributed by atoms with van der Waals surface area (Å²) in [7, 11) is 0. The van der Waals surface area contributed by atoms with E-state index in [2.05, 4.69) is 15.4 Å². The second-order valence-electron chi connectivity index (χ2n) is 10.8. The number of hydrogen-bond acceptors (Lipinski definition) is 6. The van der Waals surface area contributed by atoms with Crippen LogP contribution in [0.15, 0.2) is 66.9 Å². The van der Waals surface area contributed by atoms with E-state index in [0.717, 1.165) is 15.8 Å². The van der Waals surface area contributed by atoms with Gasteiger partial charge in [-0.05, 0) is 87.4 Å². The molecule has 3 heterocycles. The lowest BCUT2D eigenvalue weighted by atomic mass is 10.1. The number of hydrogen-bond donors (Lipinski definition) is 3. The van der Waals surface area contributed by atoms with Crippen LogP contribution in [-0.2, 0) is 4.79 Å². The molecule has 0 saturated carbocycles. The summed E-state index contributed by atoms with van der Waals surface area (Å²) in [6.45, 7) is 6.92. The van der Waals surface area contributed by atoms with Gasteiger partial charge in [0, 0.05) is 10.9 Å². The van der Waals surface area contributed by atoms with Crippen molar-refractivity contribution in [3.8, 4) is 17.2 Å². The van der Waals surface area contributed by atoms with Gasteiger partial charge >= 0.3 is 6.03 Å². The zero-order chi connectivity index (χ0) is 29.9. The Hall–Kier alpha value is -5.45. The van der Waals surface area contributed by atoms with E-state index in [-0.39, 0.29) is 34.5 Å². The molecule has 10 nitrogen and oxygen atoms in total. The van der Waals surface area contributed by atoms with E-state index < -0.39 is 17.4 Å². The summed E-state index contributed by atoms with van der Waals surface area (Å²) in [4.78, 5) is 43.2. The number of ether oxygens (including phenoxy) is 1. The van der Waals surface area contributed by atoms with Crippen LogP contribution in [-0.4, -0.2) is 38.0 Å². The molecule has 1 aliphatic rings. The number of H-pyrrole nitrogens is 1. The highest BCUT2D eigenvalue weighted by Gasteiger charge is 2.45. The Bertz CT molecular complexity index is 1940. The molecule has 0 atom stereocenters. The summed E-state index contributed by atoms with van der Waals surface area (Å²) in [6, 6.07) is 15.9. The predicted molar refractivity (Wildman–Crippen MR) is 156 cm³/mol. The predicted octanol–water partition coefficient (Wildman–Crippen LogP) is 5.55. The van der Waals surface area contributed by atoms with Gasteiger partial charge in [0.1, 0.15) is 17.1 Å². The maximum Gasteiger partial charge on any atom is 0.329 e. The molecule has 1 aliphatic heterocycles. The molecular formula is C31H27FN6O4. The molecule has 0 radical (unpaired) electrons. The SMILES string of the molecule is Cc1cc2cc(C(=O)c3cnn(-c4ccc(Oc5ccccc5F)cc4C)c3N)[nH]c2cc1N1C(=O)NC(C)(C)C1=O. The van der Waals surface area contributed by atoms with Crippen molar-refractivity contribution in [2.24, 2.45) is 0 Å². The second-order valence-corrected chi connectivity index (χ2v) is 10.8. The molecule has 11 heteroatoms. The molecule has 0 spiro atoms. The number of carbonyl (C=O) groups is 3. The fourth-order valence-electron chi connectivity index (χ4n) is 5.07. The first-order valence-corrected chi connectivity index (χ1v) is 13.2. The molecule has 2 aromatic heterocycles. The molecular weight excluding hydrogens is 539 g/mol. The average Bonchev–Trinajstić information content (AvgIpc) is 3.58. The molecule has 0 aliphatic carbocycles. The first-order valence-electron chi connectivity index (χ1n) is 13.2. The first-order chi connectivity index (χ1) is 19.9. The van der Waals surface area contributed by atoms with Gasteiger partial charge in [-0.25, -0.2) is 18.8 Å². The van der Waals surface area contributed by atoms with Crippen molar-refractivity contribution in [3.63, 3.8) is 0 Å². The number of nitrogens with two attached hydrogens (primary N) is 1. The van der Waals surface area contributed by atoms with Gasteiger partial charge in [0.05, 0.1) is 28.8 Å². The number of aryl methyl sites for hydroxylation is 2. The highest BCUT2D eigenvalue weighted by atomic mass is 19.1. The van der Waals surface area contributed by atoms with Crippen LogP contribution in [0.2, 0.25) is 0 Å². The molecule has 42 heavy (non-hydrogen) atoms. The topological polar surface area (TPSA) is 135 Å². The molecule has 6 rings (SSSR count). The van der Waals surface area contributed by atoms with Gasteiger partial charge in [0.15, 0.2) is 11.6 Å². The largest absolute Gasteiger partial charge is 0.454 e. The molecule has 0 unspecified atom stereocenters. The van der Waals surface area contributed by atoms with E-state index in [1.807, 2.05) is 13.0 Å². The lowest BCUT2D eigenvalue weighted by Crippen LogP contribution is -2.40. The van der Waals surface area contributed by atoms with Crippen molar-refractivity contribution >= 4 is 40.1 Å². The number of urea groups is 1. The van der Waals surface area contributed by atoms with Crippen LogP contribution in [0.5, 0.6) is 11.5 Å². The number of amides is 3. The molecule has 1 fully saturated rings. The lowest BCUT2D eigenvalue weighted by molar-refractivity contribution is -0.121. The highest BCUT2D eigenvalue weighted by molar-refractivity contribution is 6.24. The maximum absolute atomic E-state index is 14.0. The number of aromatic nitrogens is 3. The number of ketones is 1. The molecule has 5 aromatic rings. The standard InChI is InChI=1S/C31H27FN6O4/c1-16-11-18-13-23(35-22(18)14-25(16)37-29(40)31(3,4)36-30(37)41)27(39)20-15-34-38(28(20)33)24-10-9-19(12-17(24)2)42-26-8-6-5-7-21(26)32/h5-15,35H,33H2,1-4H3,(H,36,41). The first kappa shape index (κ1) is 26.8. The number of nitrogens with zero attached hydrogens (tertiary/aromatic N) is 3. The van der Waals surface area contributed by atoms with Crippen molar-refractivity contribution < 1.29 is 23.5 Å². The van der Waals surface area contributed by atoms with Crippen molar-refractivity contribution in [1.82, 2.24) is 20.1 Å². The van der Waals surface area contributed by atoms with Crippen molar-refractivity contribution in [3.05, 3.63) is 95.1 Å². The van der Waals surface area contributed by atoms with Gasteiger partial charge in [-0.15, -0.1) is 0 Å². The van der Waals surface area contributed by atoms with Crippen molar-refractivity contribution in [2.45, 2.75) is 33.2 Å². The Morgan fingerprint density at radius 2 is 1.74 bits per heavy atom. The van der Waals surface area contributed by atoms with Gasteiger partial charge in [-0.2, -0.15) is 5.10 Å². The van der Waals surface area contributed by atoms with Gasteiger partial charge in [-0.3, -0.25) is 9.59 Å². The van der Waals surface area contributed by atoms with E-state index in [1.165, 1.54) is 23.0 Å². The summed E-state index contributed by atoms with van der Waals surface area (Å²) in [5.41, 5.74) is 8.94. The van der Waals surface area contributed by atoms with E-state index in [4.69, 9.17) is 10.5 Å². The maximum atomic E-state index is 14.0. The second kappa shape index (κ2) is 9.58. The fraction of sp³-hybridized carbons (Fsp3) is 0.161. The van der Waals surface area contributed by atoms with Gasteiger partial charge in [0.2, 0.25) is 5.78 Å². The number of imide groups is 1. The Morgan fingerprint density at radius 1 is 1.00 bits per heavy atom. The fourth-order valence-corrected chi connectivity index (χ4v) is 5.07. The summed E-state index contributed by atoms with van der Waals surface area (Å²) >= 11 is 0. The molecule has 3 aromatic carbocycles. The molecule has 0 bridgehead atoms. The Labute approximate surface area is 239 Å². The average molecular weight is 567 g/mol. The van der Waals surface area contributed by atoms with Gasteiger partial charge < -0.3 is 20.8 Å². The summed E-state index contributed by atoms with van der Waals surface area (Å²) in [5, 5.41) is 7.77. The Kier molecular flexibility index (Phi) is 6.10. The van der Waals surface area contributed by atoms with Crippen LogP contribution in [0.1, 0.15) is 41.0 Å². The minimum absolute atomic E-state index is 0.107. The minimum Gasteiger partial charge on any atom is -0.454 e. The third-order valence-corrected chi connectivity index (χ3v) is 7.30. The smallest absolute Gasteiger partial charge is 0.329 e. The number of rotatable bonds is 6. The number of nitrogens with one attached hydrogen (secondary N) is 2. The van der Waals surface area contributed by atoms with Gasteiger partial charge in [0.25, 0.3) is 5.91 Å². The lowest BCUT2D eigenvalue weighted by Gasteiger charge is -2.18. The minimum atomic E-state index is -1.02. The molecule has 1 saturated heterocycles. The van der Waals surface area contributed by atoms with E-state index in [0.29, 0.717) is 28.2 Å². The number of carbonyl (C=O) groups excluding carboxylic acids is 3. The molecule has 4 N–H and O–H groups in total. The number of aromatic amines is 1. The number of nitrogen functional groups attached to an aromatic ring is 1. The molecule has 3 amide bonds. The zero-order valence-corrected chi connectivity index (χ0v) is 23.3. The number of para-hydroxylation sites is 1. The number of anilines is 2. The third-order valence-electron chi connectivity index (χ3n) is 7.30. The highest BCUT2D eigenvalue weighted by Crippen LogP contribution is 2.33. The third kappa shape index (κ3) is 4.35. The van der Waals surface area contributed by atoms with E-state index >= 15 is 0 Å². The van der Waals surface area contributed by atoms with Gasteiger partial charge in [-0.1, -0.05) is 12.1 Å². The zero-order valence-electron chi connectivity index (χ0n) is 23.3. The van der Waals surface area contributed by atoms with Crippen molar-refractivity contribution in [1.29, 1.82) is 0 Å². The number of halogens is 1. The van der Waals surface area contributed by atoms with Crippen molar-refractivity contribution in [2.75, 3.05) is 10.6 Å². The van der Waals surface area contributed by atoms with Crippen LogP contribution >= 0.6 is 0 Å². The molecule has 212 valence electrons. The van der Waals surface area contributed by atoms with Crippen LogP contribution in [0, 0.1) is 19.7 Å². The van der Waals surface area contributed by atoms with E-state index in [9.17, 15) is 18.8 Å².